The molecular formula is C15H12FN3O. The third-order valence-corrected chi connectivity index (χ3v) is 3.02. The van der Waals surface area contributed by atoms with E-state index in [2.05, 4.69) is 10.1 Å². The number of benzene rings is 2. The lowest BCUT2D eigenvalue weighted by molar-refractivity contribution is 0.432. The van der Waals surface area contributed by atoms with Gasteiger partial charge in [0.05, 0.1) is 11.3 Å². The van der Waals surface area contributed by atoms with Crippen molar-refractivity contribution in [3.05, 3.63) is 53.8 Å². The molecule has 0 atom stereocenters. The number of aryl methyl sites for hydroxylation is 1. The Morgan fingerprint density at radius 1 is 1.10 bits per heavy atom. The molecule has 0 radical (unpaired) electrons. The van der Waals surface area contributed by atoms with Crippen LogP contribution in [0.4, 0.5) is 10.1 Å². The first-order chi connectivity index (χ1) is 9.65. The van der Waals surface area contributed by atoms with Gasteiger partial charge in [-0.05, 0) is 19.1 Å². The Balaban J connectivity index is 2.02. The van der Waals surface area contributed by atoms with Crippen LogP contribution in [0.3, 0.4) is 0 Å². The monoisotopic (exact) mass is 269 g/mol. The smallest absolute Gasteiger partial charge is 0.260 e. The molecule has 0 amide bonds. The first kappa shape index (κ1) is 12.3. The minimum atomic E-state index is -0.502. The zero-order valence-corrected chi connectivity index (χ0v) is 10.8. The Bertz CT molecular complexity index is 750. The third kappa shape index (κ3) is 2.14. The highest BCUT2D eigenvalue weighted by atomic mass is 19.1. The first-order valence-electron chi connectivity index (χ1n) is 6.10. The van der Waals surface area contributed by atoms with E-state index < -0.39 is 5.82 Å². The van der Waals surface area contributed by atoms with Gasteiger partial charge >= 0.3 is 0 Å². The summed E-state index contributed by atoms with van der Waals surface area (Å²) in [4.78, 5) is 4.26. The molecule has 0 aliphatic carbocycles. The van der Waals surface area contributed by atoms with Crippen LogP contribution in [-0.2, 0) is 0 Å². The van der Waals surface area contributed by atoms with Gasteiger partial charge in [0.1, 0.15) is 5.82 Å². The average Bonchev–Trinajstić information content (AvgIpc) is 2.92. The minimum absolute atomic E-state index is 0.00612. The highest BCUT2D eigenvalue weighted by molar-refractivity contribution is 5.71. The molecule has 100 valence electrons. The molecule has 0 aliphatic rings. The van der Waals surface area contributed by atoms with E-state index in [1.807, 2.05) is 31.2 Å². The Morgan fingerprint density at radius 3 is 2.60 bits per heavy atom. The van der Waals surface area contributed by atoms with Crippen molar-refractivity contribution in [3.63, 3.8) is 0 Å². The molecule has 4 nitrogen and oxygen atoms in total. The van der Waals surface area contributed by atoms with Crippen LogP contribution in [0.2, 0.25) is 0 Å². The van der Waals surface area contributed by atoms with Crippen molar-refractivity contribution >= 4 is 5.69 Å². The Kier molecular flexibility index (Phi) is 2.95. The fraction of sp³-hybridized carbons (Fsp3) is 0.0667. The van der Waals surface area contributed by atoms with Gasteiger partial charge in [-0.2, -0.15) is 4.98 Å². The summed E-state index contributed by atoms with van der Waals surface area (Å²) >= 11 is 0. The maximum atomic E-state index is 13.4. The summed E-state index contributed by atoms with van der Waals surface area (Å²) in [6.07, 6.45) is 0. The SMILES string of the molecule is Cc1ccc(-c2noc(-c3cccc(F)c3N)n2)cc1. The number of hydrogen-bond acceptors (Lipinski definition) is 4. The molecule has 0 fully saturated rings. The molecule has 1 aromatic heterocycles. The highest BCUT2D eigenvalue weighted by Gasteiger charge is 2.14. The fourth-order valence-corrected chi connectivity index (χ4v) is 1.88. The fourth-order valence-electron chi connectivity index (χ4n) is 1.88. The first-order valence-corrected chi connectivity index (χ1v) is 6.10. The van der Waals surface area contributed by atoms with Gasteiger partial charge in [0, 0.05) is 5.56 Å². The van der Waals surface area contributed by atoms with Crippen molar-refractivity contribution in [1.29, 1.82) is 0 Å². The molecule has 0 aliphatic heterocycles. The van der Waals surface area contributed by atoms with E-state index in [0.717, 1.165) is 11.1 Å². The van der Waals surface area contributed by atoms with Gasteiger partial charge in [0.25, 0.3) is 5.89 Å². The van der Waals surface area contributed by atoms with E-state index >= 15 is 0 Å². The summed E-state index contributed by atoms with van der Waals surface area (Å²) in [5.74, 6) is 0.152. The van der Waals surface area contributed by atoms with E-state index in [0.29, 0.717) is 11.4 Å². The minimum Gasteiger partial charge on any atom is -0.396 e. The summed E-state index contributed by atoms with van der Waals surface area (Å²) in [5.41, 5.74) is 8.06. The summed E-state index contributed by atoms with van der Waals surface area (Å²) in [5, 5.41) is 3.90. The molecule has 2 N–H and O–H groups in total. The number of rotatable bonds is 2. The van der Waals surface area contributed by atoms with Gasteiger partial charge in [0.2, 0.25) is 5.82 Å². The normalized spacial score (nSPS) is 10.7. The maximum Gasteiger partial charge on any atom is 0.260 e. The number of aromatic nitrogens is 2. The predicted molar refractivity (Wildman–Crippen MR) is 74.3 cm³/mol. The van der Waals surface area contributed by atoms with Gasteiger partial charge in [-0.1, -0.05) is 41.1 Å². The average molecular weight is 269 g/mol. The van der Waals surface area contributed by atoms with E-state index in [1.165, 1.54) is 6.07 Å². The summed E-state index contributed by atoms with van der Waals surface area (Å²) < 4.78 is 18.6. The van der Waals surface area contributed by atoms with E-state index in [-0.39, 0.29) is 11.6 Å². The molecule has 0 bridgehead atoms. The third-order valence-electron chi connectivity index (χ3n) is 3.02. The van der Waals surface area contributed by atoms with E-state index in [1.54, 1.807) is 12.1 Å². The van der Waals surface area contributed by atoms with Crippen molar-refractivity contribution in [2.45, 2.75) is 6.92 Å². The number of nitrogen functional groups attached to an aromatic ring is 1. The van der Waals surface area contributed by atoms with Crippen LogP contribution < -0.4 is 5.73 Å². The van der Waals surface area contributed by atoms with Gasteiger partial charge in [-0.25, -0.2) is 4.39 Å². The van der Waals surface area contributed by atoms with Crippen molar-refractivity contribution in [3.8, 4) is 22.8 Å². The molecule has 3 rings (SSSR count). The number of nitrogens with two attached hydrogens (primary N) is 1. The molecule has 20 heavy (non-hydrogen) atoms. The zero-order valence-electron chi connectivity index (χ0n) is 10.8. The van der Waals surface area contributed by atoms with Gasteiger partial charge in [-0.15, -0.1) is 0 Å². The Morgan fingerprint density at radius 2 is 1.85 bits per heavy atom. The molecule has 0 saturated carbocycles. The number of hydrogen-bond donors (Lipinski definition) is 1. The molecule has 3 aromatic rings. The Hall–Kier alpha value is -2.69. The van der Waals surface area contributed by atoms with Crippen molar-refractivity contribution in [2.24, 2.45) is 0 Å². The second-order valence-corrected chi connectivity index (χ2v) is 4.49. The van der Waals surface area contributed by atoms with Crippen LogP contribution in [0, 0.1) is 12.7 Å². The van der Waals surface area contributed by atoms with Gasteiger partial charge in [-0.3, -0.25) is 0 Å². The molecule has 5 heteroatoms. The number of para-hydroxylation sites is 1. The van der Waals surface area contributed by atoms with E-state index in [9.17, 15) is 4.39 Å². The lowest BCUT2D eigenvalue weighted by atomic mass is 10.1. The van der Waals surface area contributed by atoms with E-state index in [4.69, 9.17) is 10.3 Å². The lowest BCUT2D eigenvalue weighted by Crippen LogP contribution is -1.94. The molecule has 1 heterocycles. The van der Waals surface area contributed by atoms with Crippen LogP contribution in [0.1, 0.15) is 5.56 Å². The maximum absolute atomic E-state index is 13.4. The number of anilines is 1. The molecule has 2 aromatic carbocycles. The van der Waals surface area contributed by atoms with Crippen LogP contribution in [0.5, 0.6) is 0 Å². The van der Waals surface area contributed by atoms with Crippen LogP contribution in [-0.4, -0.2) is 10.1 Å². The number of halogens is 1. The molecule has 0 saturated heterocycles. The van der Waals surface area contributed by atoms with Crippen molar-refractivity contribution in [1.82, 2.24) is 10.1 Å². The Labute approximate surface area is 115 Å². The number of nitrogens with zero attached hydrogens (tertiary/aromatic N) is 2. The van der Waals surface area contributed by atoms with Crippen LogP contribution in [0.25, 0.3) is 22.8 Å². The topological polar surface area (TPSA) is 64.9 Å². The second-order valence-electron chi connectivity index (χ2n) is 4.49. The summed E-state index contributed by atoms with van der Waals surface area (Å²) in [6, 6.07) is 12.2. The second kappa shape index (κ2) is 4.77. The quantitative estimate of drug-likeness (QED) is 0.724. The standard InChI is InChI=1S/C15H12FN3O/c1-9-5-7-10(8-6-9)14-18-15(20-19-14)11-3-2-4-12(16)13(11)17/h2-8H,17H2,1H3. The highest BCUT2D eigenvalue weighted by Crippen LogP contribution is 2.28. The predicted octanol–water partition coefficient (Wildman–Crippen LogP) is 3.43. The molecule has 0 spiro atoms. The van der Waals surface area contributed by atoms with Gasteiger partial charge in [0.15, 0.2) is 0 Å². The largest absolute Gasteiger partial charge is 0.396 e. The van der Waals surface area contributed by atoms with Gasteiger partial charge < -0.3 is 10.3 Å². The molecular weight excluding hydrogens is 257 g/mol. The molecule has 0 unspecified atom stereocenters. The van der Waals surface area contributed by atoms with Crippen molar-refractivity contribution in [2.75, 3.05) is 5.73 Å². The summed E-state index contributed by atoms with van der Waals surface area (Å²) in [7, 11) is 0. The van der Waals surface area contributed by atoms with Crippen LogP contribution in [0.15, 0.2) is 47.0 Å². The summed E-state index contributed by atoms with van der Waals surface area (Å²) in [6.45, 7) is 2.00. The lowest BCUT2D eigenvalue weighted by Gasteiger charge is -2.00. The van der Waals surface area contributed by atoms with Crippen molar-refractivity contribution < 1.29 is 8.91 Å². The van der Waals surface area contributed by atoms with Crippen LogP contribution >= 0.6 is 0 Å². The zero-order chi connectivity index (χ0) is 14.1.